The number of carboxylic acid groups (broad SMARTS) is 1. The molecule has 0 heterocycles. The smallest absolute Gasteiger partial charge is 0.338 e. The molecule has 1 aromatic rings. The molecule has 0 aliphatic carbocycles. The fraction of sp³-hybridized carbons (Fsp3) is 0.467. The molecule has 1 atom stereocenters. The second kappa shape index (κ2) is 8.07. The van der Waals surface area contributed by atoms with Crippen LogP contribution in [0.2, 0.25) is 0 Å². The van der Waals surface area contributed by atoms with E-state index in [1.54, 1.807) is 6.92 Å². The number of aliphatic carboxylic acids is 1. The summed E-state index contributed by atoms with van der Waals surface area (Å²) < 4.78 is 31.5. The topological polar surface area (TPSA) is 110 Å². The molecule has 1 unspecified atom stereocenters. The highest BCUT2D eigenvalue weighted by Crippen LogP contribution is 2.17. The van der Waals surface area contributed by atoms with E-state index in [2.05, 4.69) is 9.46 Å². The number of esters is 1. The molecule has 0 spiro atoms. The van der Waals surface area contributed by atoms with Gasteiger partial charge in [0.15, 0.2) is 0 Å². The zero-order valence-electron chi connectivity index (χ0n) is 13.3. The van der Waals surface area contributed by atoms with Crippen LogP contribution in [0.5, 0.6) is 0 Å². The van der Waals surface area contributed by atoms with E-state index in [0.29, 0.717) is 12.0 Å². The molecule has 1 rings (SSSR count). The van der Waals surface area contributed by atoms with Crippen LogP contribution >= 0.6 is 0 Å². The summed E-state index contributed by atoms with van der Waals surface area (Å²) in [6, 6.07) is 2.77. The van der Waals surface area contributed by atoms with Gasteiger partial charge in [0.25, 0.3) is 0 Å². The third kappa shape index (κ3) is 5.04. The standard InChI is InChI=1S/C15H21NO6S/c1-4-5-6-13(14(17)18)16-23(20,21)11-8-7-10(2)12(9-11)15(19)22-3/h7-9,13,16H,4-6H2,1-3H3,(H,17,18). The van der Waals surface area contributed by atoms with Gasteiger partial charge in [-0.3, -0.25) is 4.79 Å². The molecular weight excluding hydrogens is 322 g/mol. The summed E-state index contributed by atoms with van der Waals surface area (Å²) in [6.07, 6.45) is 1.53. The molecule has 7 nitrogen and oxygen atoms in total. The van der Waals surface area contributed by atoms with Gasteiger partial charge in [-0.05, 0) is 31.0 Å². The SMILES string of the molecule is CCCCC(NS(=O)(=O)c1ccc(C)c(C(=O)OC)c1)C(=O)O. The van der Waals surface area contributed by atoms with Crippen LogP contribution < -0.4 is 4.72 Å². The molecular formula is C15H21NO6S. The van der Waals surface area contributed by atoms with Gasteiger partial charge in [-0.2, -0.15) is 4.72 Å². The van der Waals surface area contributed by atoms with E-state index < -0.39 is 28.0 Å². The minimum Gasteiger partial charge on any atom is -0.480 e. The molecule has 0 aromatic heterocycles. The van der Waals surface area contributed by atoms with E-state index in [9.17, 15) is 18.0 Å². The maximum Gasteiger partial charge on any atom is 0.338 e. The maximum absolute atomic E-state index is 12.4. The Kier molecular flexibility index (Phi) is 6.71. The fourth-order valence-corrected chi connectivity index (χ4v) is 3.24. The Hall–Kier alpha value is -1.93. The van der Waals surface area contributed by atoms with Gasteiger partial charge in [-0.25, -0.2) is 13.2 Å². The van der Waals surface area contributed by atoms with Crippen LogP contribution in [0.4, 0.5) is 0 Å². The molecule has 0 fully saturated rings. The quantitative estimate of drug-likeness (QED) is 0.695. The van der Waals surface area contributed by atoms with Crippen molar-refractivity contribution in [2.45, 2.75) is 44.0 Å². The molecule has 0 saturated carbocycles. The Balaban J connectivity index is 3.12. The Morgan fingerprint density at radius 3 is 2.52 bits per heavy atom. The molecule has 23 heavy (non-hydrogen) atoms. The van der Waals surface area contributed by atoms with Crippen LogP contribution in [0.25, 0.3) is 0 Å². The van der Waals surface area contributed by atoms with Gasteiger partial charge < -0.3 is 9.84 Å². The van der Waals surface area contributed by atoms with Crippen molar-refractivity contribution in [2.75, 3.05) is 7.11 Å². The average Bonchev–Trinajstić information content (AvgIpc) is 2.50. The Morgan fingerprint density at radius 1 is 1.35 bits per heavy atom. The number of sulfonamides is 1. The number of carbonyl (C=O) groups excluding carboxylic acids is 1. The van der Waals surface area contributed by atoms with Crippen molar-refractivity contribution in [2.24, 2.45) is 0 Å². The molecule has 0 aliphatic rings. The lowest BCUT2D eigenvalue weighted by Crippen LogP contribution is -2.40. The maximum atomic E-state index is 12.4. The van der Waals surface area contributed by atoms with E-state index in [0.717, 1.165) is 6.42 Å². The van der Waals surface area contributed by atoms with Crippen molar-refractivity contribution in [1.29, 1.82) is 0 Å². The Bertz CT molecular complexity index is 683. The molecule has 0 amide bonds. The summed E-state index contributed by atoms with van der Waals surface area (Å²) in [7, 11) is -2.85. The molecule has 0 radical (unpaired) electrons. The number of unbranched alkanes of at least 4 members (excludes halogenated alkanes) is 1. The van der Waals surface area contributed by atoms with E-state index in [1.165, 1.54) is 25.3 Å². The first-order valence-corrected chi connectivity index (χ1v) is 8.65. The van der Waals surface area contributed by atoms with Crippen molar-refractivity contribution in [3.63, 3.8) is 0 Å². The largest absolute Gasteiger partial charge is 0.480 e. The second-order valence-electron chi connectivity index (χ2n) is 5.12. The number of aryl methyl sites for hydroxylation is 1. The molecule has 128 valence electrons. The van der Waals surface area contributed by atoms with Crippen LogP contribution in [-0.2, 0) is 19.6 Å². The Morgan fingerprint density at radius 2 is 2.00 bits per heavy atom. The predicted molar refractivity (Wildman–Crippen MR) is 83.8 cm³/mol. The van der Waals surface area contributed by atoms with E-state index >= 15 is 0 Å². The van der Waals surface area contributed by atoms with Crippen molar-refractivity contribution in [1.82, 2.24) is 4.72 Å². The second-order valence-corrected chi connectivity index (χ2v) is 6.84. The molecule has 0 aliphatic heterocycles. The highest BCUT2D eigenvalue weighted by molar-refractivity contribution is 7.89. The number of hydrogen-bond acceptors (Lipinski definition) is 5. The number of methoxy groups -OCH3 is 1. The highest BCUT2D eigenvalue weighted by Gasteiger charge is 2.26. The van der Waals surface area contributed by atoms with Crippen LogP contribution in [-0.4, -0.2) is 38.6 Å². The van der Waals surface area contributed by atoms with E-state index in [1.807, 2.05) is 6.92 Å². The minimum atomic E-state index is -4.05. The summed E-state index contributed by atoms with van der Waals surface area (Å²) in [5.74, 6) is -1.89. The average molecular weight is 343 g/mol. The lowest BCUT2D eigenvalue weighted by Gasteiger charge is -2.15. The first kappa shape index (κ1) is 19.1. The Labute approximate surface area is 135 Å². The summed E-state index contributed by atoms with van der Waals surface area (Å²) in [6.45, 7) is 3.54. The molecule has 1 aromatic carbocycles. The van der Waals surface area contributed by atoms with E-state index in [-0.39, 0.29) is 16.9 Å². The van der Waals surface area contributed by atoms with Gasteiger partial charge in [-0.15, -0.1) is 0 Å². The highest BCUT2D eigenvalue weighted by atomic mass is 32.2. The summed E-state index contributed by atoms with van der Waals surface area (Å²) in [5, 5.41) is 9.13. The molecule has 8 heteroatoms. The van der Waals surface area contributed by atoms with E-state index in [4.69, 9.17) is 5.11 Å². The lowest BCUT2D eigenvalue weighted by molar-refractivity contribution is -0.139. The monoisotopic (exact) mass is 343 g/mol. The first-order valence-electron chi connectivity index (χ1n) is 7.17. The van der Waals surface area contributed by atoms with Gasteiger partial charge >= 0.3 is 11.9 Å². The third-order valence-corrected chi connectivity index (χ3v) is 4.84. The number of benzene rings is 1. The number of carboxylic acids is 1. The first-order chi connectivity index (χ1) is 10.7. The number of nitrogens with one attached hydrogen (secondary N) is 1. The van der Waals surface area contributed by atoms with Crippen LogP contribution in [0, 0.1) is 6.92 Å². The van der Waals surface area contributed by atoms with Crippen LogP contribution in [0.1, 0.15) is 42.1 Å². The molecule has 0 bridgehead atoms. The predicted octanol–water partition coefficient (Wildman–Crippen LogP) is 1.70. The van der Waals surface area contributed by atoms with Gasteiger partial charge in [0.2, 0.25) is 10.0 Å². The van der Waals surface area contributed by atoms with Gasteiger partial charge in [0.05, 0.1) is 17.6 Å². The van der Waals surface area contributed by atoms with Crippen LogP contribution in [0.15, 0.2) is 23.1 Å². The molecule has 0 saturated heterocycles. The summed E-state index contributed by atoms with van der Waals surface area (Å²) >= 11 is 0. The van der Waals surface area contributed by atoms with Crippen molar-refractivity contribution in [3.8, 4) is 0 Å². The van der Waals surface area contributed by atoms with Crippen molar-refractivity contribution >= 4 is 22.0 Å². The number of carbonyl (C=O) groups is 2. The summed E-state index contributed by atoms with van der Waals surface area (Å²) in [4.78, 5) is 22.7. The van der Waals surface area contributed by atoms with Crippen molar-refractivity contribution < 1.29 is 27.9 Å². The minimum absolute atomic E-state index is 0.121. The molecule has 2 N–H and O–H groups in total. The summed E-state index contributed by atoms with van der Waals surface area (Å²) in [5.41, 5.74) is 0.687. The zero-order chi connectivity index (χ0) is 17.6. The number of ether oxygens (including phenoxy) is 1. The zero-order valence-corrected chi connectivity index (χ0v) is 14.1. The number of hydrogen-bond donors (Lipinski definition) is 2. The fourth-order valence-electron chi connectivity index (χ4n) is 1.99. The van der Waals surface area contributed by atoms with Gasteiger partial charge in [0, 0.05) is 0 Å². The van der Waals surface area contributed by atoms with Gasteiger partial charge in [-0.1, -0.05) is 25.8 Å². The van der Waals surface area contributed by atoms with Gasteiger partial charge in [0.1, 0.15) is 6.04 Å². The van der Waals surface area contributed by atoms with Crippen molar-refractivity contribution in [3.05, 3.63) is 29.3 Å². The lowest BCUT2D eigenvalue weighted by atomic mass is 10.1. The number of rotatable bonds is 8. The third-order valence-electron chi connectivity index (χ3n) is 3.37. The normalized spacial score (nSPS) is 12.7. The van der Waals surface area contributed by atoms with Crippen LogP contribution in [0.3, 0.4) is 0 Å².